The lowest BCUT2D eigenvalue weighted by molar-refractivity contribution is 0.312. The van der Waals surface area contributed by atoms with Crippen molar-refractivity contribution in [2.24, 2.45) is 0 Å². The predicted molar refractivity (Wildman–Crippen MR) is 79.9 cm³/mol. The van der Waals surface area contributed by atoms with Crippen molar-refractivity contribution < 1.29 is 4.74 Å². The van der Waals surface area contributed by atoms with Crippen LogP contribution in [0, 0.1) is 0 Å². The Hall–Kier alpha value is -1.06. The van der Waals surface area contributed by atoms with E-state index < -0.39 is 0 Å². The van der Waals surface area contributed by atoms with Gasteiger partial charge in [-0.1, -0.05) is 18.2 Å². The number of likely N-dealkylation sites (N-methyl/N-ethyl adjacent to an activating group) is 1. The summed E-state index contributed by atoms with van der Waals surface area (Å²) in [5.74, 6) is 1.03. The molecule has 19 heavy (non-hydrogen) atoms. The molecule has 3 nitrogen and oxygen atoms in total. The molecule has 1 unspecified atom stereocenters. The first-order valence-corrected chi connectivity index (χ1v) is 7.18. The minimum absolute atomic E-state index is 0.201. The first-order valence-electron chi connectivity index (χ1n) is 7.18. The van der Waals surface area contributed by atoms with E-state index in [9.17, 15) is 0 Å². The van der Waals surface area contributed by atoms with Gasteiger partial charge in [-0.3, -0.25) is 0 Å². The lowest BCUT2D eigenvalue weighted by atomic mass is 9.74. The molecule has 106 valence electrons. The summed E-state index contributed by atoms with van der Waals surface area (Å²) in [4.78, 5) is 2.44. The van der Waals surface area contributed by atoms with E-state index >= 15 is 0 Å². The maximum atomic E-state index is 5.60. The zero-order chi connectivity index (χ0) is 13.7. The topological polar surface area (TPSA) is 24.5 Å². The van der Waals surface area contributed by atoms with Crippen LogP contribution in [0.3, 0.4) is 0 Å². The third kappa shape index (κ3) is 3.10. The summed E-state index contributed by atoms with van der Waals surface area (Å²) in [6.45, 7) is 3.36. The Labute approximate surface area is 116 Å². The summed E-state index contributed by atoms with van der Waals surface area (Å²) in [7, 11) is 6.04. The standard InChI is InChI=1S/C16H26N2O/c1-17-13-16(9-6-11-18(2)12-10-16)14-7-4-5-8-15(14)19-3/h4-5,7-8,17H,6,9-13H2,1-3H3. The van der Waals surface area contributed by atoms with Gasteiger partial charge in [0.1, 0.15) is 5.75 Å². The third-order valence-corrected chi connectivity index (χ3v) is 4.36. The van der Waals surface area contributed by atoms with Crippen LogP contribution in [-0.2, 0) is 5.41 Å². The SMILES string of the molecule is CNCC1(c2ccccc2OC)CCCN(C)CC1. The summed E-state index contributed by atoms with van der Waals surface area (Å²) < 4.78 is 5.60. The van der Waals surface area contributed by atoms with Crippen LogP contribution >= 0.6 is 0 Å². The number of para-hydroxylation sites is 1. The van der Waals surface area contributed by atoms with Crippen molar-refractivity contribution in [2.45, 2.75) is 24.7 Å². The first-order chi connectivity index (χ1) is 9.22. The number of nitrogens with zero attached hydrogens (tertiary/aromatic N) is 1. The molecule has 1 heterocycles. The highest BCUT2D eigenvalue weighted by atomic mass is 16.5. The molecule has 1 saturated heterocycles. The highest BCUT2D eigenvalue weighted by Gasteiger charge is 2.35. The van der Waals surface area contributed by atoms with Gasteiger partial charge in [-0.15, -0.1) is 0 Å². The molecule has 1 N–H and O–H groups in total. The molecule has 0 radical (unpaired) electrons. The largest absolute Gasteiger partial charge is 0.496 e. The van der Waals surface area contributed by atoms with Gasteiger partial charge in [-0.05, 0) is 52.5 Å². The zero-order valence-corrected chi connectivity index (χ0v) is 12.4. The molecule has 0 bridgehead atoms. The van der Waals surface area contributed by atoms with Crippen LogP contribution in [0.1, 0.15) is 24.8 Å². The van der Waals surface area contributed by atoms with E-state index in [2.05, 4.69) is 41.5 Å². The van der Waals surface area contributed by atoms with E-state index in [1.807, 2.05) is 7.05 Å². The van der Waals surface area contributed by atoms with Gasteiger partial charge in [-0.2, -0.15) is 0 Å². The lowest BCUT2D eigenvalue weighted by Gasteiger charge is -2.34. The van der Waals surface area contributed by atoms with Gasteiger partial charge in [0.15, 0.2) is 0 Å². The Kier molecular flexibility index (Phi) is 4.83. The van der Waals surface area contributed by atoms with Gasteiger partial charge in [0.05, 0.1) is 7.11 Å². The zero-order valence-electron chi connectivity index (χ0n) is 12.4. The van der Waals surface area contributed by atoms with Crippen LogP contribution in [0.15, 0.2) is 24.3 Å². The fourth-order valence-corrected chi connectivity index (χ4v) is 3.29. The first kappa shape index (κ1) is 14.4. The van der Waals surface area contributed by atoms with Crippen molar-refractivity contribution in [1.29, 1.82) is 0 Å². The predicted octanol–water partition coefficient (Wildman–Crippen LogP) is 2.27. The Morgan fingerprint density at radius 2 is 2.05 bits per heavy atom. The molecule has 0 amide bonds. The average molecular weight is 262 g/mol. The summed E-state index contributed by atoms with van der Waals surface area (Å²) >= 11 is 0. The van der Waals surface area contributed by atoms with Crippen LogP contribution in [-0.4, -0.2) is 45.7 Å². The van der Waals surface area contributed by atoms with Gasteiger partial charge in [0.25, 0.3) is 0 Å². The van der Waals surface area contributed by atoms with Crippen molar-refractivity contribution in [3.63, 3.8) is 0 Å². The van der Waals surface area contributed by atoms with Crippen molar-refractivity contribution in [2.75, 3.05) is 40.8 Å². The normalized spacial score (nSPS) is 25.0. The van der Waals surface area contributed by atoms with E-state index in [4.69, 9.17) is 4.74 Å². The second-order valence-electron chi connectivity index (χ2n) is 5.67. The Morgan fingerprint density at radius 3 is 2.79 bits per heavy atom. The molecule has 0 saturated carbocycles. The minimum atomic E-state index is 0.201. The van der Waals surface area contributed by atoms with Crippen molar-refractivity contribution in [1.82, 2.24) is 10.2 Å². The number of benzene rings is 1. The van der Waals surface area contributed by atoms with Gasteiger partial charge in [0.2, 0.25) is 0 Å². The van der Waals surface area contributed by atoms with E-state index in [0.717, 1.165) is 18.8 Å². The molecule has 3 heteroatoms. The molecule has 0 aromatic heterocycles. The summed E-state index contributed by atoms with van der Waals surface area (Å²) in [5, 5.41) is 3.40. The number of ether oxygens (including phenoxy) is 1. The number of hydrogen-bond acceptors (Lipinski definition) is 3. The molecular formula is C16H26N2O. The molecule has 1 aliphatic heterocycles. The fourth-order valence-electron chi connectivity index (χ4n) is 3.29. The maximum Gasteiger partial charge on any atom is 0.122 e. The monoisotopic (exact) mass is 262 g/mol. The third-order valence-electron chi connectivity index (χ3n) is 4.36. The molecule has 1 atom stereocenters. The summed E-state index contributed by atoms with van der Waals surface area (Å²) in [5.41, 5.74) is 1.56. The molecule has 2 rings (SSSR count). The number of likely N-dealkylation sites (tertiary alicyclic amines) is 1. The van der Waals surface area contributed by atoms with Crippen LogP contribution in [0.2, 0.25) is 0 Å². The van der Waals surface area contributed by atoms with Crippen molar-refractivity contribution >= 4 is 0 Å². The second-order valence-corrected chi connectivity index (χ2v) is 5.67. The highest BCUT2D eigenvalue weighted by molar-refractivity contribution is 5.40. The number of methoxy groups -OCH3 is 1. The molecule has 0 aliphatic carbocycles. The average Bonchev–Trinajstić information content (AvgIpc) is 2.62. The van der Waals surface area contributed by atoms with Crippen LogP contribution < -0.4 is 10.1 Å². The fraction of sp³-hybridized carbons (Fsp3) is 0.625. The van der Waals surface area contributed by atoms with Gasteiger partial charge < -0.3 is 15.0 Å². The van der Waals surface area contributed by atoms with Crippen LogP contribution in [0.25, 0.3) is 0 Å². The lowest BCUT2D eigenvalue weighted by Crippen LogP contribution is -2.38. The molecular weight excluding hydrogens is 236 g/mol. The van der Waals surface area contributed by atoms with E-state index in [0.29, 0.717) is 0 Å². The quantitative estimate of drug-likeness (QED) is 0.901. The Bertz CT molecular complexity index is 407. The molecule has 1 aromatic rings. The second kappa shape index (κ2) is 6.40. The summed E-state index contributed by atoms with van der Waals surface area (Å²) in [6, 6.07) is 8.50. The van der Waals surface area contributed by atoms with E-state index in [1.165, 1.54) is 31.4 Å². The smallest absolute Gasteiger partial charge is 0.122 e. The summed E-state index contributed by atoms with van der Waals surface area (Å²) in [6.07, 6.45) is 3.65. The number of rotatable bonds is 4. The van der Waals surface area contributed by atoms with Crippen molar-refractivity contribution in [3.8, 4) is 5.75 Å². The van der Waals surface area contributed by atoms with Gasteiger partial charge in [0, 0.05) is 17.5 Å². The number of hydrogen-bond donors (Lipinski definition) is 1. The number of nitrogens with one attached hydrogen (secondary N) is 1. The van der Waals surface area contributed by atoms with Crippen LogP contribution in [0.5, 0.6) is 5.75 Å². The van der Waals surface area contributed by atoms with Gasteiger partial charge >= 0.3 is 0 Å². The molecule has 1 aliphatic rings. The molecule has 1 fully saturated rings. The Morgan fingerprint density at radius 1 is 1.26 bits per heavy atom. The maximum absolute atomic E-state index is 5.60. The van der Waals surface area contributed by atoms with E-state index in [1.54, 1.807) is 7.11 Å². The Balaban J connectivity index is 2.37. The minimum Gasteiger partial charge on any atom is -0.496 e. The molecule has 1 aromatic carbocycles. The van der Waals surface area contributed by atoms with E-state index in [-0.39, 0.29) is 5.41 Å². The molecule has 0 spiro atoms. The highest BCUT2D eigenvalue weighted by Crippen LogP contribution is 2.39. The van der Waals surface area contributed by atoms with Gasteiger partial charge in [-0.25, -0.2) is 0 Å². The van der Waals surface area contributed by atoms with Crippen LogP contribution in [0.4, 0.5) is 0 Å². The van der Waals surface area contributed by atoms with Crippen molar-refractivity contribution in [3.05, 3.63) is 29.8 Å².